The van der Waals surface area contributed by atoms with E-state index in [4.69, 9.17) is 15.9 Å². The Morgan fingerprint density at radius 1 is 1.40 bits per heavy atom. The first-order valence-corrected chi connectivity index (χ1v) is 4.99. The van der Waals surface area contributed by atoms with Crippen LogP contribution in [0.3, 0.4) is 0 Å². The van der Waals surface area contributed by atoms with Gasteiger partial charge in [-0.1, -0.05) is 30.8 Å². The first-order valence-electron chi connectivity index (χ1n) is 4.99. The SMILES string of the molecule is C#CCOCOCC#C[C@H](C)CCC=C. The second-order valence-electron chi connectivity index (χ2n) is 3.11. The number of ether oxygens (including phenoxy) is 2. The van der Waals surface area contributed by atoms with Crippen LogP contribution in [0.2, 0.25) is 0 Å². The molecule has 0 N–H and O–H groups in total. The molecule has 0 aliphatic carbocycles. The Bertz CT molecular complexity index is 252. The van der Waals surface area contributed by atoms with E-state index in [1.165, 1.54) is 0 Å². The van der Waals surface area contributed by atoms with Gasteiger partial charge in [-0.2, -0.15) is 0 Å². The lowest BCUT2D eigenvalue weighted by Gasteiger charge is -2.00. The van der Waals surface area contributed by atoms with Gasteiger partial charge in [-0.05, 0) is 12.8 Å². The highest BCUT2D eigenvalue weighted by atomic mass is 16.7. The van der Waals surface area contributed by atoms with Gasteiger partial charge in [0.1, 0.15) is 20.0 Å². The molecule has 0 amide bonds. The molecule has 2 heteroatoms. The lowest BCUT2D eigenvalue weighted by molar-refractivity contribution is -0.0294. The van der Waals surface area contributed by atoms with E-state index in [9.17, 15) is 0 Å². The molecular formula is C13H18O2. The minimum atomic E-state index is 0.208. The molecule has 82 valence electrons. The summed E-state index contributed by atoms with van der Waals surface area (Å²) in [7, 11) is 0. The fraction of sp³-hybridized carbons (Fsp3) is 0.538. The molecule has 0 aromatic carbocycles. The average molecular weight is 206 g/mol. The van der Waals surface area contributed by atoms with Gasteiger partial charge in [0.25, 0.3) is 0 Å². The number of hydrogen-bond donors (Lipinski definition) is 0. The van der Waals surface area contributed by atoms with Crippen LogP contribution in [0, 0.1) is 30.1 Å². The standard InChI is InChI=1S/C13H18O2/c1-4-6-8-13(3)9-7-11-15-12-14-10-5-2/h2,4,13H,1,6,8,10-12H2,3H3/t13-/m1/s1. The van der Waals surface area contributed by atoms with E-state index in [1.54, 1.807) is 0 Å². The molecule has 0 bridgehead atoms. The van der Waals surface area contributed by atoms with E-state index >= 15 is 0 Å². The van der Waals surface area contributed by atoms with Crippen molar-refractivity contribution in [2.24, 2.45) is 5.92 Å². The summed E-state index contributed by atoms with van der Waals surface area (Å²) in [6, 6.07) is 0. The summed E-state index contributed by atoms with van der Waals surface area (Å²) in [6.07, 6.45) is 8.94. The van der Waals surface area contributed by atoms with Crippen molar-refractivity contribution in [2.75, 3.05) is 20.0 Å². The molecule has 0 rings (SSSR count). The summed E-state index contributed by atoms with van der Waals surface area (Å²) in [5, 5.41) is 0. The van der Waals surface area contributed by atoms with Crippen molar-refractivity contribution in [1.82, 2.24) is 0 Å². The molecule has 0 unspecified atom stereocenters. The molecule has 0 aromatic rings. The molecule has 2 nitrogen and oxygen atoms in total. The maximum absolute atomic E-state index is 5.08. The molecule has 0 aromatic heterocycles. The Morgan fingerprint density at radius 3 is 2.80 bits per heavy atom. The topological polar surface area (TPSA) is 18.5 Å². The zero-order chi connectivity index (χ0) is 11.4. The van der Waals surface area contributed by atoms with E-state index in [2.05, 4.69) is 31.3 Å². The predicted molar refractivity (Wildman–Crippen MR) is 62.0 cm³/mol. The van der Waals surface area contributed by atoms with Crippen molar-refractivity contribution in [3.05, 3.63) is 12.7 Å². The van der Waals surface area contributed by atoms with Gasteiger partial charge < -0.3 is 9.47 Å². The van der Waals surface area contributed by atoms with Gasteiger partial charge in [-0.25, -0.2) is 0 Å². The van der Waals surface area contributed by atoms with Gasteiger partial charge in [0.2, 0.25) is 0 Å². The third-order valence-electron chi connectivity index (χ3n) is 1.68. The minimum absolute atomic E-state index is 0.208. The third kappa shape index (κ3) is 10.7. The number of hydrogen-bond acceptors (Lipinski definition) is 2. The highest BCUT2D eigenvalue weighted by Crippen LogP contribution is 2.03. The Kier molecular flexibility index (Phi) is 9.98. The second-order valence-corrected chi connectivity index (χ2v) is 3.11. The van der Waals surface area contributed by atoms with Gasteiger partial charge >= 0.3 is 0 Å². The first kappa shape index (κ1) is 13.8. The van der Waals surface area contributed by atoms with Crippen LogP contribution in [-0.4, -0.2) is 20.0 Å². The molecule has 0 saturated heterocycles. The number of rotatable bonds is 7. The number of terminal acetylenes is 1. The smallest absolute Gasteiger partial charge is 0.149 e. The minimum Gasteiger partial charge on any atom is -0.343 e. The molecule has 0 aliphatic rings. The number of allylic oxidation sites excluding steroid dienone is 1. The van der Waals surface area contributed by atoms with Crippen LogP contribution >= 0.6 is 0 Å². The van der Waals surface area contributed by atoms with Crippen LogP contribution in [0.25, 0.3) is 0 Å². The predicted octanol–water partition coefficient (Wildman–Crippen LogP) is 2.22. The molecule has 15 heavy (non-hydrogen) atoms. The zero-order valence-electron chi connectivity index (χ0n) is 9.29. The summed E-state index contributed by atoms with van der Waals surface area (Å²) >= 11 is 0. The highest BCUT2D eigenvalue weighted by Gasteiger charge is 1.93. The summed E-state index contributed by atoms with van der Waals surface area (Å²) in [4.78, 5) is 0. The van der Waals surface area contributed by atoms with E-state index in [1.807, 2.05) is 6.08 Å². The maximum Gasteiger partial charge on any atom is 0.149 e. The molecule has 0 spiro atoms. The first-order chi connectivity index (χ1) is 7.31. The second kappa shape index (κ2) is 10.9. The molecule has 0 heterocycles. The Morgan fingerprint density at radius 2 is 2.13 bits per heavy atom. The van der Waals surface area contributed by atoms with E-state index in [0.29, 0.717) is 12.5 Å². The average Bonchev–Trinajstić information content (AvgIpc) is 2.25. The van der Waals surface area contributed by atoms with Gasteiger partial charge in [-0.3, -0.25) is 0 Å². The normalized spacial score (nSPS) is 10.9. The van der Waals surface area contributed by atoms with Gasteiger partial charge in [0.15, 0.2) is 0 Å². The Balaban J connectivity index is 3.37. The van der Waals surface area contributed by atoms with Gasteiger partial charge in [0.05, 0.1) is 0 Å². The largest absolute Gasteiger partial charge is 0.343 e. The van der Waals surface area contributed by atoms with Crippen molar-refractivity contribution in [2.45, 2.75) is 19.8 Å². The Hall–Kier alpha value is -1.22. The molecule has 0 fully saturated rings. The van der Waals surface area contributed by atoms with Crippen LogP contribution in [-0.2, 0) is 9.47 Å². The van der Waals surface area contributed by atoms with E-state index in [-0.39, 0.29) is 13.4 Å². The van der Waals surface area contributed by atoms with Crippen molar-refractivity contribution in [3.8, 4) is 24.2 Å². The van der Waals surface area contributed by atoms with Gasteiger partial charge in [0, 0.05) is 5.92 Å². The van der Waals surface area contributed by atoms with Crippen LogP contribution in [0.15, 0.2) is 12.7 Å². The molecule has 0 radical (unpaired) electrons. The van der Waals surface area contributed by atoms with Crippen LogP contribution in [0.4, 0.5) is 0 Å². The summed E-state index contributed by atoms with van der Waals surface area (Å²) < 4.78 is 9.99. The van der Waals surface area contributed by atoms with Crippen molar-refractivity contribution in [1.29, 1.82) is 0 Å². The van der Waals surface area contributed by atoms with Gasteiger partial charge in [-0.15, -0.1) is 13.0 Å². The summed E-state index contributed by atoms with van der Waals surface area (Å²) in [5.74, 6) is 8.76. The highest BCUT2D eigenvalue weighted by molar-refractivity contribution is 5.02. The molecule has 0 saturated carbocycles. The summed E-state index contributed by atoms with van der Waals surface area (Å²) in [6.45, 7) is 6.64. The Labute approximate surface area is 92.7 Å². The molecule has 0 aliphatic heterocycles. The fourth-order valence-corrected chi connectivity index (χ4v) is 0.908. The summed E-state index contributed by atoms with van der Waals surface area (Å²) in [5.41, 5.74) is 0. The lowest BCUT2D eigenvalue weighted by atomic mass is 10.1. The van der Waals surface area contributed by atoms with Crippen LogP contribution in [0.5, 0.6) is 0 Å². The van der Waals surface area contributed by atoms with Crippen molar-refractivity contribution in [3.63, 3.8) is 0 Å². The van der Waals surface area contributed by atoms with E-state index in [0.717, 1.165) is 12.8 Å². The van der Waals surface area contributed by atoms with Crippen molar-refractivity contribution < 1.29 is 9.47 Å². The quantitative estimate of drug-likeness (QED) is 0.275. The molecule has 1 atom stereocenters. The van der Waals surface area contributed by atoms with Crippen LogP contribution in [0.1, 0.15) is 19.8 Å². The zero-order valence-corrected chi connectivity index (χ0v) is 9.29. The van der Waals surface area contributed by atoms with Crippen LogP contribution < -0.4 is 0 Å². The monoisotopic (exact) mass is 206 g/mol. The van der Waals surface area contributed by atoms with Crippen molar-refractivity contribution >= 4 is 0 Å². The fourth-order valence-electron chi connectivity index (χ4n) is 0.908. The molecular weight excluding hydrogens is 188 g/mol. The maximum atomic E-state index is 5.08. The lowest BCUT2D eigenvalue weighted by Crippen LogP contribution is -2.00. The third-order valence-corrected chi connectivity index (χ3v) is 1.68. The van der Waals surface area contributed by atoms with E-state index < -0.39 is 0 Å².